The van der Waals surface area contributed by atoms with Crippen molar-refractivity contribution in [3.63, 3.8) is 0 Å². The first-order valence-electron chi connectivity index (χ1n) is 4.21. The molecule has 0 spiro atoms. The molecular weight excluding hydrogens is 157 g/mol. The number of halogens is 1. The second kappa shape index (κ2) is 10.1. The molecule has 0 radical (unpaired) electrons. The molecule has 0 saturated heterocycles. The Bertz CT molecular complexity index is 132. The quantitative estimate of drug-likeness (QED) is 0.653. The van der Waals surface area contributed by atoms with Crippen molar-refractivity contribution >= 4 is 5.91 Å². The minimum absolute atomic E-state index is 0.406. The van der Waals surface area contributed by atoms with E-state index in [4.69, 9.17) is 0 Å². The number of carbonyl (C=O) groups excluding carboxylic acids is 1. The average Bonchev–Trinajstić information content (AvgIpc) is 2.08. The number of carbonyl (C=O) groups is 1. The molecule has 1 N–H and O–H groups in total. The predicted octanol–water partition coefficient (Wildman–Crippen LogP) is 2.06. The van der Waals surface area contributed by atoms with E-state index in [0.717, 1.165) is 0 Å². The largest absolute Gasteiger partial charge is 0.350 e. The van der Waals surface area contributed by atoms with Crippen molar-refractivity contribution < 1.29 is 9.18 Å². The predicted molar refractivity (Wildman–Crippen MR) is 49.7 cm³/mol. The first-order valence-corrected chi connectivity index (χ1v) is 4.21. The van der Waals surface area contributed by atoms with Crippen molar-refractivity contribution in [1.29, 1.82) is 0 Å². The summed E-state index contributed by atoms with van der Waals surface area (Å²) in [5.74, 6) is -0.557. The number of amides is 1. The Hall–Kier alpha value is -0.860. The molecular formula is C9H18FNO. The van der Waals surface area contributed by atoms with Gasteiger partial charge in [-0.3, -0.25) is 4.79 Å². The van der Waals surface area contributed by atoms with Gasteiger partial charge in [0.05, 0.1) is 0 Å². The Balaban J connectivity index is 0. The van der Waals surface area contributed by atoms with Crippen LogP contribution in [0.4, 0.5) is 4.39 Å². The third kappa shape index (κ3) is 9.14. The normalized spacial score (nSPS) is 11.8. The van der Waals surface area contributed by atoms with Crippen LogP contribution in [-0.4, -0.2) is 18.6 Å². The average molecular weight is 175 g/mol. The highest BCUT2D eigenvalue weighted by molar-refractivity contribution is 5.80. The number of hydrogen-bond acceptors (Lipinski definition) is 1. The fourth-order valence-corrected chi connectivity index (χ4v) is 0.418. The van der Waals surface area contributed by atoms with Gasteiger partial charge in [0, 0.05) is 6.54 Å². The molecule has 0 bridgehead atoms. The third-order valence-electron chi connectivity index (χ3n) is 0.991. The van der Waals surface area contributed by atoms with Crippen molar-refractivity contribution in [1.82, 2.24) is 5.32 Å². The van der Waals surface area contributed by atoms with Gasteiger partial charge in [-0.2, -0.15) is 0 Å². The van der Waals surface area contributed by atoms with Crippen molar-refractivity contribution in [3.8, 4) is 0 Å². The van der Waals surface area contributed by atoms with Crippen LogP contribution >= 0.6 is 0 Å². The van der Waals surface area contributed by atoms with E-state index in [0.29, 0.717) is 6.54 Å². The summed E-state index contributed by atoms with van der Waals surface area (Å²) in [6.07, 6.45) is 2.13. The number of alkyl halides is 1. The second-order valence-corrected chi connectivity index (χ2v) is 1.93. The minimum atomic E-state index is -1.41. The number of rotatable bonds is 3. The molecule has 0 aliphatic carbocycles. The van der Waals surface area contributed by atoms with E-state index in [1.54, 1.807) is 12.2 Å². The molecule has 0 aliphatic heterocycles. The Morgan fingerprint density at radius 3 is 2.42 bits per heavy atom. The fraction of sp³-hybridized carbons (Fsp3) is 0.667. The van der Waals surface area contributed by atoms with E-state index in [1.165, 1.54) is 6.92 Å². The fourth-order valence-electron chi connectivity index (χ4n) is 0.418. The lowest BCUT2D eigenvalue weighted by Gasteiger charge is -2.00. The molecule has 2 nitrogen and oxygen atoms in total. The lowest BCUT2D eigenvalue weighted by atomic mass is 10.4. The van der Waals surface area contributed by atoms with Crippen LogP contribution in [-0.2, 0) is 4.79 Å². The molecule has 0 aromatic carbocycles. The molecule has 0 aromatic rings. The highest BCUT2D eigenvalue weighted by Gasteiger charge is 2.07. The van der Waals surface area contributed by atoms with Crippen LogP contribution in [0.1, 0.15) is 27.7 Å². The molecule has 0 saturated carbocycles. The van der Waals surface area contributed by atoms with Crippen LogP contribution in [0.2, 0.25) is 0 Å². The molecule has 1 atom stereocenters. The molecule has 0 aromatic heterocycles. The van der Waals surface area contributed by atoms with Crippen molar-refractivity contribution in [2.45, 2.75) is 33.9 Å². The number of nitrogens with one attached hydrogen (secondary N) is 1. The smallest absolute Gasteiger partial charge is 0.254 e. The molecule has 0 aliphatic rings. The maximum atomic E-state index is 12.1. The SMILES string of the molecule is C/C=C/CNC(=O)C(C)F.CC. The van der Waals surface area contributed by atoms with Crippen LogP contribution in [0.25, 0.3) is 0 Å². The first-order chi connectivity index (χ1) is 5.68. The van der Waals surface area contributed by atoms with Gasteiger partial charge in [-0.25, -0.2) is 4.39 Å². The summed E-state index contributed by atoms with van der Waals surface area (Å²) in [5.41, 5.74) is 0. The zero-order chi connectivity index (χ0) is 9.98. The van der Waals surface area contributed by atoms with Crippen LogP contribution < -0.4 is 5.32 Å². The molecule has 1 amide bonds. The van der Waals surface area contributed by atoms with Crippen LogP contribution in [0, 0.1) is 0 Å². The number of hydrogen-bond donors (Lipinski definition) is 1. The highest BCUT2D eigenvalue weighted by Crippen LogP contribution is 1.85. The summed E-state index contributed by atoms with van der Waals surface area (Å²) < 4.78 is 12.1. The Morgan fingerprint density at radius 2 is 2.08 bits per heavy atom. The van der Waals surface area contributed by atoms with Gasteiger partial charge >= 0.3 is 0 Å². The molecule has 1 unspecified atom stereocenters. The summed E-state index contributed by atoms with van der Waals surface area (Å²) in [4.78, 5) is 10.5. The van der Waals surface area contributed by atoms with E-state index in [-0.39, 0.29) is 0 Å². The van der Waals surface area contributed by atoms with E-state index >= 15 is 0 Å². The maximum Gasteiger partial charge on any atom is 0.254 e. The zero-order valence-electron chi connectivity index (χ0n) is 8.23. The van der Waals surface area contributed by atoms with Gasteiger partial charge < -0.3 is 5.32 Å². The molecule has 72 valence electrons. The summed E-state index contributed by atoms with van der Waals surface area (Å²) in [6.45, 7) is 7.46. The summed E-state index contributed by atoms with van der Waals surface area (Å²) in [5, 5.41) is 2.38. The van der Waals surface area contributed by atoms with Crippen LogP contribution in [0.5, 0.6) is 0 Å². The standard InChI is InChI=1S/C7H12FNO.C2H6/c1-3-4-5-9-7(10)6(2)8;1-2/h3-4,6H,5H2,1-2H3,(H,9,10);1-2H3/b4-3+;. The zero-order valence-corrected chi connectivity index (χ0v) is 8.23. The van der Waals surface area contributed by atoms with Gasteiger partial charge in [0.1, 0.15) is 0 Å². The monoisotopic (exact) mass is 175 g/mol. The summed E-state index contributed by atoms with van der Waals surface area (Å²) in [6, 6.07) is 0. The highest BCUT2D eigenvalue weighted by atomic mass is 19.1. The van der Waals surface area contributed by atoms with Crippen LogP contribution in [0.15, 0.2) is 12.2 Å². The van der Waals surface area contributed by atoms with Gasteiger partial charge in [0.15, 0.2) is 6.17 Å². The Labute approximate surface area is 73.9 Å². The van der Waals surface area contributed by atoms with Gasteiger partial charge in [-0.05, 0) is 13.8 Å². The Kier molecular flexibility index (Phi) is 11.6. The van der Waals surface area contributed by atoms with Crippen molar-refractivity contribution in [3.05, 3.63) is 12.2 Å². The lowest BCUT2D eigenvalue weighted by Crippen LogP contribution is -2.30. The van der Waals surface area contributed by atoms with Gasteiger partial charge in [-0.15, -0.1) is 0 Å². The van der Waals surface area contributed by atoms with Gasteiger partial charge in [0.25, 0.3) is 5.91 Å². The lowest BCUT2D eigenvalue weighted by molar-refractivity contribution is -0.125. The first kappa shape index (κ1) is 13.7. The van der Waals surface area contributed by atoms with Crippen molar-refractivity contribution in [2.24, 2.45) is 0 Å². The van der Waals surface area contributed by atoms with Gasteiger partial charge in [0.2, 0.25) is 0 Å². The molecule has 0 rings (SSSR count). The topological polar surface area (TPSA) is 29.1 Å². The van der Waals surface area contributed by atoms with E-state index in [9.17, 15) is 9.18 Å². The summed E-state index contributed by atoms with van der Waals surface area (Å²) >= 11 is 0. The maximum absolute atomic E-state index is 12.1. The molecule has 3 heteroatoms. The minimum Gasteiger partial charge on any atom is -0.350 e. The molecule has 12 heavy (non-hydrogen) atoms. The van der Waals surface area contributed by atoms with E-state index in [2.05, 4.69) is 5.32 Å². The summed E-state index contributed by atoms with van der Waals surface area (Å²) in [7, 11) is 0. The molecule has 0 fully saturated rings. The second-order valence-electron chi connectivity index (χ2n) is 1.93. The van der Waals surface area contributed by atoms with E-state index < -0.39 is 12.1 Å². The van der Waals surface area contributed by atoms with E-state index in [1.807, 2.05) is 20.8 Å². The number of allylic oxidation sites excluding steroid dienone is 1. The molecule has 0 heterocycles. The van der Waals surface area contributed by atoms with Crippen LogP contribution in [0.3, 0.4) is 0 Å². The van der Waals surface area contributed by atoms with Crippen molar-refractivity contribution in [2.75, 3.05) is 6.54 Å². The Morgan fingerprint density at radius 1 is 1.58 bits per heavy atom. The van der Waals surface area contributed by atoms with Gasteiger partial charge in [-0.1, -0.05) is 26.0 Å². The third-order valence-corrected chi connectivity index (χ3v) is 0.991.